The third kappa shape index (κ3) is 5.34. The van der Waals surface area contributed by atoms with E-state index in [1.165, 1.54) is 0 Å². The second-order valence-corrected chi connectivity index (χ2v) is 9.32. The third-order valence-corrected chi connectivity index (χ3v) is 6.37. The van der Waals surface area contributed by atoms with Crippen molar-refractivity contribution in [3.8, 4) is 23.0 Å². The highest BCUT2D eigenvalue weighted by Gasteiger charge is 2.14. The van der Waals surface area contributed by atoms with Crippen molar-refractivity contribution in [3.63, 3.8) is 0 Å². The fraction of sp³-hybridized carbons (Fsp3) is 0.0870. The summed E-state index contributed by atoms with van der Waals surface area (Å²) in [6.45, 7) is 0. The number of nitrogens with one attached hydrogen (secondary N) is 2. The van der Waals surface area contributed by atoms with Crippen LogP contribution in [0.1, 0.15) is 9.67 Å². The number of nitrogens with zero attached hydrogens (tertiary/aromatic N) is 1. The van der Waals surface area contributed by atoms with Gasteiger partial charge in [-0.25, -0.2) is 0 Å². The number of fused-ring (bicyclic) bond motifs is 1. The number of methoxy groups -OCH3 is 2. The molecule has 174 valence electrons. The SMILES string of the molecule is COc1cc2nccc(Oc3ccc(NC(=S)NC(=O)c4ccc(Cl)s4)cc3Cl)c2cc1OC. The van der Waals surface area contributed by atoms with Crippen molar-refractivity contribution < 1.29 is 19.0 Å². The summed E-state index contributed by atoms with van der Waals surface area (Å²) in [7, 11) is 3.12. The number of anilines is 1. The quantitative estimate of drug-likeness (QED) is 0.272. The second-order valence-electron chi connectivity index (χ2n) is 6.79. The minimum Gasteiger partial charge on any atom is -0.493 e. The molecule has 2 aromatic carbocycles. The number of amides is 1. The number of hydrogen-bond acceptors (Lipinski definition) is 7. The zero-order valence-corrected chi connectivity index (χ0v) is 21.0. The monoisotopic (exact) mass is 533 g/mol. The van der Waals surface area contributed by atoms with E-state index in [1.807, 2.05) is 0 Å². The average molecular weight is 534 g/mol. The number of benzene rings is 2. The number of pyridine rings is 1. The lowest BCUT2D eigenvalue weighted by Crippen LogP contribution is -2.33. The van der Waals surface area contributed by atoms with E-state index in [4.69, 9.17) is 49.6 Å². The van der Waals surface area contributed by atoms with Crippen molar-refractivity contribution in [2.75, 3.05) is 19.5 Å². The summed E-state index contributed by atoms with van der Waals surface area (Å²) >= 11 is 18.7. The first-order valence-electron chi connectivity index (χ1n) is 9.73. The van der Waals surface area contributed by atoms with E-state index in [-0.39, 0.29) is 11.0 Å². The van der Waals surface area contributed by atoms with Gasteiger partial charge in [-0.2, -0.15) is 0 Å². The lowest BCUT2D eigenvalue weighted by molar-refractivity contribution is 0.0981. The molecule has 0 saturated carbocycles. The molecule has 4 aromatic rings. The maximum absolute atomic E-state index is 12.2. The number of hydrogen-bond donors (Lipinski definition) is 2. The fourth-order valence-corrected chi connectivity index (χ4v) is 4.45. The van der Waals surface area contributed by atoms with E-state index in [9.17, 15) is 4.79 Å². The van der Waals surface area contributed by atoms with Crippen LogP contribution in [0, 0.1) is 0 Å². The Morgan fingerprint density at radius 1 is 0.971 bits per heavy atom. The first-order valence-corrected chi connectivity index (χ1v) is 11.7. The van der Waals surface area contributed by atoms with Gasteiger partial charge in [0.2, 0.25) is 0 Å². The molecule has 0 aliphatic carbocycles. The summed E-state index contributed by atoms with van der Waals surface area (Å²) in [5.74, 6) is 1.75. The van der Waals surface area contributed by atoms with Crippen molar-refractivity contribution >= 4 is 74.4 Å². The molecule has 0 fully saturated rings. The number of aromatic nitrogens is 1. The topological polar surface area (TPSA) is 81.7 Å². The molecule has 0 bridgehead atoms. The van der Waals surface area contributed by atoms with Crippen LogP contribution in [0.2, 0.25) is 9.36 Å². The van der Waals surface area contributed by atoms with Crippen LogP contribution in [0.25, 0.3) is 10.9 Å². The second kappa shape index (κ2) is 10.4. The van der Waals surface area contributed by atoms with Gasteiger partial charge < -0.3 is 19.5 Å². The molecule has 34 heavy (non-hydrogen) atoms. The molecule has 0 spiro atoms. The largest absolute Gasteiger partial charge is 0.493 e. The Hall–Kier alpha value is -3.11. The number of thiophene rings is 1. The molecule has 0 atom stereocenters. The predicted octanol–water partition coefficient (Wildman–Crippen LogP) is 6.54. The zero-order valence-electron chi connectivity index (χ0n) is 17.8. The zero-order chi connectivity index (χ0) is 24.2. The Kier molecular flexibility index (Phi) is 7.38. The van der Waals surface area contributed by atoms with E-state index in [0.29, 0.717) is 48.4 Å². The highest BCUT2D eigenvalue weighted by atomic mass is 35.5. The maximum Gasteiger partial charge on any atom is 0.267 e. The summed E-state index contributed by atoms with van der Waals surface area (Å²) in [4.78, 5) is 17.0. The first kappa shape index (κ1) is 24.0. The van der Waals surface area contributed by atoms with Crippen LogP contribution in [0.3, 0.4) is 0 Å². The Morgan fingerprint density at radius 3 is 2.41 bits per heavy atom. The van der Waals surface area contributed by atoms with Crippen molar-refractivity contribution in [1.82, 2.24) is 10.3 Å². The fourth-order valence-electron chi connectivity index (χ4n) is 3.08. The van der Waals surface area contributed by atoms with Crippen LogP contribution in [0.4, 0.5) is 5.69 Å². The van der Waals surface area contributed by atoms with Crippen molar-refractivity contribution in [1.29, 1.82) is 0 Å². The van der Waals surface area contributed by atoms with E-state index >= 15 is 0 Å². The molecular weight excluding hydrogens is 517 g/mol. The minimum atomic E-state index is -0.350. The molecule has 2 heterocycles. The van der Waals surface area contributed by atoms with Crippen LogP contribution >= 0.6 is 46.8 Å². The molecule has 0 aliphatic heterocycles. The molecule has 4 rings (SSSR count). The van der Waals surface area contributed by atoms with Gasteiger partial charge in [-0.3, -0.25) is 15.1 Å². The minimum absolute atomic E-state index is 0.125. The van der Waals surface area contributed by atoms with Crippen LogP contribution in [0.15, 0.2) is 54.7 Å². The standard InChI is InChI=1S/C23H17Cl2N3O4S2/c1-30-18-10-13-15(11-19(18)31-2)26-8-7-16(13)32-17-4-3-12(9-14(17)24)27-23(33)28-22(29)20-5-6-21(25)34-20/h3-11H,1-2H3,(H2,27,28,29,33). The van der Waals surface area contributed by atoms with E-state index in [2.05, 4.69) is 15.6 Å². The maximum atomic E-state index is 12.2. The van der Waals surface area contributed by atoms with Gasteiger partial charge in [0.05, 0.1) is 34.0 Å². The number of carbonyl (C=O) groups excluding carboxylic acids is 1. The molecule has 0 saturated heterocycles. The smallest absolute Gasteiger partial charge is 0.267 e. The molecule has 7 nitrogen and oxygen atoms in total. The van der Waals surface area contributed by atoms with Gasteiger partial charge in [0.15, 0.2) is 16.6 Å². The van der Waals surface area contributed by atoms with Gasteiger partial charge in [0, 0.05) is 23.3 Å². The molecule has 2 N–H and O–H groups in total. The van der Waals surface area contributed by atoms with Gasteiger partial charge in [-0.1, -0.05) is 23.2 Å². The van der Waals surface area contributed by atoms with Crippen molar-refractivity contribution in [2.24, 2.45) is 0 Å². The van der Waals surface area contributed by atoms with Crippen LogP contribution in [-0.2, 0) is 0 Å². The molecular formula is C23H17Cl2N3O4S2. The summed E-state index contributed by atoms with van der Waals surface area (Å²) in [6, 6.07) is 13.6. The molecule has 0 aliphatic rings. The highest BCUT2D eigenvalue weighted by molar-refractivity contribution is 7.80. The lowest BCUT2D eigenvalue weighted by atomic mass is 10.2. The molecule has 11 heteroatoms. The van der Waals surface area contributed by atoms with Crippen molar-refractivity contribution in [3.05, 3.63) is 69.0 Å². The van der Waals surface area contributed by atoms with Crippen LogP contribution < -0.4 is 24.8 Å². The molecule has 2 aromatic heterocycles. The van der Waals surface area contributed by atoms with Gasteiger partial charge in [-0.15, -0.1) is 11.3 Å². The van der Waals surface area contributed by atoms with E-state index in [1.54, 1.807) is 68.9 Å². The van der Waals surface area contributed by atoms with Gasteiger partial charge >= 0.3 is 0 Å². The summed E-state index contributed by atoms with van der Waals surface area (Å²) in [6.07, 6.45) is 1.63. The summed E-state index contributed by atoms with van der Waals surface area (Å²) in [5, 5.41) is 6.73. The third-order valence-electron chi connectivity index (χ3n) is 4.64. The van der Waals surface area contributed by atoms with Gasteiger partial charge in [0.1, 0.15) is 11.5 Å². The molecule has 0 unspecified atom stereocenters. The van der Waals surface area contributed by atoms with E-state index < -0.39 is 0 Å². The Labute approximate surface area is 214 Å². The first-order chi connectivity index (χ1) is 16.4. The normalized spacial score (nSPS) is 10.6. The number of halogens is 2. The van der Waals surface area contributed by atoms with Crippen LogP contribution in [-0.4, -0.2) is 30.2 Å². The molecule has 0 radical (unpaired) electrons. The van der Waals surface area contributed by atoms with Gasteiger partial charge in [0.25, 0.3) is 5.91 Å². The number of rotatable bonds is 6. The number of ether oxygens (including phenoxy) is 3. The number of carbonyl (C=O) groups is 1. The lowest BCUT2D eigenvalue weighted by Gasteiger charge is -2.14. The van der Waals surface area contributed by atoms with E-state index in [0.717, 1.165) is 16.7 Å². The molecule has 1 amide bonds. The Morgan fingerprint density at radius 2 is 1.74 bits per heavy atom. The van der Waals surface area contributed by atoms with Gasteiger partial charge in [-0.05, 0) is 54.7 Å². The predicted molar refractivity (Wildman–Crippen MR) is 139 cm³/mol. The Bertz CT molecular complexity index is 1390. The van der Waals surface area contributed by atoms with Crippen LogP contribution in [0.5, 0.6) is 23.0 Å². The highest BCUT2D eigenvalue weighted by Crippen LogP contribution is 2.38. The summed E-state index contributed by atoms with van der Waals surface area (Å²) in [5.41, 5.74) is 1.26. The Balaban J connectivity index is 1.50. The average Bonchev–Trinajstić information content (AvgIpc) is 3.26. The van der Waals surface area contributed by atoms with Crippen molar-refractivity contribution in [2.45, 2.75) is 0 Å². The summed E-state index contributed by atoms with van der Waals surface area (Å²) < 4.78 is 17.3. The number of thiocarbonyl (C=S) groups is 1.